The van der Waals surface area contributed by atoms with Gasteiger partial charge in [-0.3, -0.25) is 4.98 Å². The topological polar surface area (TPSA) is 24.9 Å². The van der Waals surface area contributed by atoms with Gasteiger partial charge in [0.15, 0.2) is 0 Å². The van der Waals surface area contributed by atoms with Crippen LogP contribution in [0.25, 0.3) is 0 Å². The van der Waals surface area contributed by atoms with E-state index in [9.17, 15) is 4.39 Å². The van der Waals surface area contributed by atoms with Crippen LogP contribution >= 0.6 is 15.9 Å². The van der Waals surface area contributed by atoms with Crippen molar-refractivity contribution in [3.8, 4) is 0 Å². The van der Waals surface area contributed by atoms with Gasteiger partial charge in [0.1, 0.15) is 5.82 Å². The van der Waals surface area contributed by atoms with Crippen LogP contribution in [0, 0.1) is 5.82 Å². The van der Waals surface area contributed by atoms with E-state index in [4.69, 9.17) is 0 Å². The maximum Gasteiger partial charge on any atom is 0.127 e. The minimum absolute atomic E-state index is 0.0448. The van der Waals surface area contributed by atoms with Crippen LogP contribution < -0.4 is 5.32 Å². The van der Waals surface area contributed by atoms with Gasteiger partial charge in [0.2, 0.25) is 0 Å². The normalized spacial score (nSPS) is 12.4. The molecule has 0 saturated carbocycles. The molecule has 0 saturated heterocycles. The van der Waals surface area contributed by atoms with Gasteiger partial charge in [0.25, 0.3) is 0 Å². The number of rotatable bonds is 4. The van der Waals surface area contributed by atoms with Crippen LogP contribution in [0.5, 0.6) is 0 Å². The first-order valence-electron chi connectivity index (χ1n) is 5.75. The molecular formula is C14H14BrFN2. The highest BCUT2D eigenvalue weighted by molar-refractivity contribution is 9.10. The van der Waals surface area contributed by atoms with Gasteiger partial charge in [0, 0.05) is 28.8 Å². The molecule has 0 aliphatic heterocycles. The van der Waals surface area contributed by atoms with Crippen LogP contribution in [0.3, 0.4) is 0 Å². The molecule has 1 aromatic carbocycles. The number of benzene rings is 1. The summed E-state index contributed by atoms with van der Waals surface area (Å²) in [5, 5.41) is 3.26. The van der Waals surface area contributed by atoms with Gasteiger partial charge in [0.05, 0.1) is 5.69 Å². The van der Waals surface area contributed by atoms with Crippen molar-refractivity contribution in [1.82, 2.24) is 10.3 Å². The Balaban J connectivity index is 1.98. The predicted octanol–water partition coefficient (Wildman–Crippen LogP) is 3.83. The largest absolute Gasteiger partial charge is 0.304 e. The van der Waals surface area contributed by atoms with Crippen LogP contribution in [-0.2, 0) is 6.54 Å². The maximum atomic E-state index is 13.6. The zero-order valence-electron chi connectivity index (χ0n) is 10.0. The molecule has 0 amide bonds. The Hall–Kier alpha value is -1.26. The second-order valence-electron chi connectivity index (χ2n) is 4.09. The third-order valence-electron chi connectivity index (χ3n) is 2.75. The lowest BCUT2D eigenvalue weighted by molar-refractivity contribution is 0.524. The van der Waals surface area contributed by atoms with Crippen LogP contribution in [0.4, 0.5) is 4.39 Å². The average Bonchev–Trinajstić information content (AvgIpc) is 2.38. The number of hydrogen-bond acceptors (Lipinski definition) is 2. The zero-order chi connectivity index (χ0) is 13.0. The van der Waals surface area contributed by atoms with E-state index < -0.39 is 0 Å². The lowest BCUT2D eigenvalue weighted by atomic mass is 10.1. The molecule has 0 aliphatic rings. The molecule has 1 N–H and O–H groups in total. The number of aromatic nitrogens is 1. The van der Waals surface area contributed by atoms with Gasteiger partial charge in [-0.15, -0.1) is 0 Å². The molecule has 0 aliphatic carbocycles. The van der Waals surface area contributed by atoms with E-state index in [2.05, 4.69) is 26.2 Å². The molecule has 2 nitrogen and oxygen atoms in total. The lowest BCUT2D eigenvalue weighted by Crippen LogP contribution is -2.19. The standard InChI is InChI=1S/C14H14BrFN2/c1-10(13-4-2-3-5-14(13)16)17-9-12-7-6-11(15)8-18-12/h2-8,10,17H,9H2,1H3/t10-/m1/s1. The summed E-state index contributed by atoms with van der Waals surface area (Å²) >= 11 is 3.34. The molecule has 0 fully saturated rings. The molecule has 4 heteroatoms. The number of nitrogens with one attached hydrogen (secondary N) is 1. The summed E-state index contributed by atoms with van der Waals surface area (Å²) in [4.78, 5) is 4.26. The van der Waals surface area contributed by atoms with E-state index in [0.29, 0.717) is 12.1 Å². The molecule has 2 rings (SSSR count). The van der Waals surface area contributed by atoms with Crippen LogP contribution in [0.1, 0.15) is 24.2 Å². The fourth-order valence-electron chi connectivity index (χ4n) is 1.70. The van der Waals surface area contributed by atoms with Crippen molar-refractivity contribution in [2.45, 2.75) is 19.5 Å². The molecule has 18 heavy (non-hydrogen) atoms. The smallest absolute Gasteiger partial charge is 0.127 e. The summed E-state index contributed by atoms with van der Waals surface area (Å²) in [5.74, 6) is -0.179. The highest BCUT2D eigenvalue weighted by Gasteiger charge is 2.09. The monoisotopic (exact) mass is 308 g/mol. The maximum absolute atomic E-state index is 13.6. The van der Waals surface area contributed by atoms with Crippen molar-refractivity contribution in [3.63, 3.8) is 0 Å². The first kappa shape index (κ1) is 13.2. The quantitative estimate of drug-likeness (QED) is 0.928. The molecule has 1 atom stereocenters. The minimum Gasteiger partial charge on any atom is -0.304 e. The van der Waals surface area contributed by atoms with Gasteiger partial charge in [-0.1, -0.05) is 18.2 Å². The highest BCUT2D eigenvalue weighted by Crippen LogP contribution is 2.16. The Morgan fingerprint density at radius 3 is 2.72 bits per heavy atom. The van der Waals surface area contributed by atoms with Crippen molar-refractivity contribution < 1.29 is 4.39 Å². The molecule has 1 aromatic heterocycles. The summed E-state index contributed by atoms with van der Waals surface area (Å²) in [6, 6.07) is 10.6. The van der Waals surface area contributed by atoms with E-state index in [1.165, 1.54) is 6.07 Å². The van der Waals surface area contributed by atoms with Gasteiger partial charge >= 0.3 is 0 Å². The molecule has 1 heterocycles. The molecule has 0 bridgehead atoms. The Morgan fingerprint density at radius 2 is 2.06 bits per heavy atom. The average molecular weight is 309 g/mol. The highest BCUT2D eigenvalue weighted by atomic mass is 79.9. The molecule has 2 aromatic rings. The molecular weight excluding hydrogens is 295 g/mol. The lowest BCUT2D eigenvalue weighted by Gasteiger charge is -2.14. The number of halogens is 2. The summed E-state index contributed by atoms with van der Waals surface area (Å²) in [7, 11) is 0. The fraction of sp³-hybridized carbons (Fsp3) is 0.214. The summed E-state index contributed by atoms with van der Waals surface area (Å²) in [5.41, 5.74) is 1.61. The van der Waals surface area contributed by atoms with E-state index >= 15 is 0 Å². The van der Waals surface area contributed by atoms with E-state index in [1.54, 1.807) is 18.3 Å². The zero-order valence-corrected chi connectivity index (χ0v) is 11.6. The number of hydrogen-bond donors (Lipinski definition) is 1. The van der Waals surface area contributed by atoms with Gasteiger partial charge in [-0.05, 0) is 41.1 Å². The Morgan fingerprint density at radius 1 is 1.28 bits per heavy atom. The first-order valence-corrected chi connectivity index (χ1v) is 6.54. The van der Waals surface area contributed by atoms with Crippen molar-refractivity contribution >= 4 is 15.9 Å². The SMILES string of the molecule is C[C@@H](NCc1ccc(Br)cn1)c1ccccc1F. The number of pyridine rings is 1. The Kier molecular flexibility index (Phi) is 4.44. The molecule has 0 spiro atoms. The fourth-order valence-corrected chi connectivity index (χ4v) is 1.94. The van der Waals surface area contributed by atoms with Crippen molar-refractivity contribution in [1.29, 1.82) is 0 Å². The van der Waals surface area contributed by atoms with Crippen molar-refractivity contribution in [3.05, 3.63) is 64.1 Å². The van der Waals surface area contributed by atoms with Gasteiger partial charge in [-0.25, -0.2) is 4.39 Å². The Labute approximate surface area is 114 Å². The van der Waals surface area contributed by atoms with Crippen LogP contribution in [0.2, 0.25) is 0 Å². The Bertz CT molecular complexity index is 513. The van der Waals surface area contributed by atoms with Crippen molar-refractivity contribution in [2.24, 2.45) is 0 Å². The van der Waals surface area contributed by atoms with E-state index in [0.717, 1.165) is 10.2 Å². The van der Waals surface area contributed by atoms with Crippen LogP contribution in [0.15, 0.2) is 47.1 Å². The first-order chi connectivity index (χ1) is 8.66. The summed E-state index contributed by atoms with van der Waals surface area (Å²) in [6.07, 6.45) is 1.75. The summed E-state index contributed by atoms with van der Waals surface area (Å²) in [6.45, 7) is 2.56. The third-order valence-corrected chi connectivity index (χ3v) is 3.22. The summed E-state index contributed by atoms with van der Waals surface area (Å²) < 4.78 is 14.5. The predicted molar refractivity (Wildman–Crippen MR) is 73.6 cm³/mol. The van der Waals surface area contributed by atoms with Gasteiger partial charge in [-0.2, -0.15) is 0 Å². The van der Waals surface area contributed by atoms with Gasteiger partial charge < -0.3 is 5.32 Å². The molecule has 94 valence electrons. The van der Waals surface area contributed by atoms with Crippen molar-refractivity contribution in [2.75, 3.05) is 0 Å². The second kappa shape index (κ2) is 6.07. The molecule has 0 unspecified atom stereocenters. The second-order valence-corrected chi connectivity index (χ2v) is 5.01. The van der Waals surface area contributed by atoms with E-state index in [-0.39, 0.29) is 11.9 Å². The molecule has 0 radical (unpaired) electrons. The van der Waals surface area contributed by atoms with Crippen LogP contribution in [-0.4, -0.2) is 4.98 Å². The minimum atomic E-state index is -0.179. The van der Waals surface area contributed by atoms with E-state index in [1.807, 2.05) is 25.1 Å². The number of nitrogens with zero attached hydrogens (tertiary/aromatic N) is 1. The third kappa shape index (κ3) is 3.37.